The van der Waals surface area contributed by atoms with E-state index in [2.05, 4.69) is 16.4 Å². The summed E-state index contributed by atoms with van der Waals surface area (Å²) in [6.45, 7) is 0.645. The Morgan fingerprint density at radius 1 is 1.29 bits per heavy atom. The number of hydrogen-bond acceptors (Lipinski definition) is 3. The standard InChI is InChI=1S/C10H12N4/c11-6-5-9-3-1-2-4-10(9)14-8-7-12-13-14/h1-4,7-8H,5-6,11H2. The van der Waals surface area contributed by atoms with Crippen molar-refractivity contribution in [3.8, 4) is 5.69 Å². The Hall–Kier alpha value is -1.68. The molecule has 4 nitrogen and oxygen atoms in total. The van der Waals surface area contributed by atoms with Crippen LogP contribution in [0.5, 0.6) is 0 Å². The van der Waals surface area contributed by atoms with E-state index in [9.17, 15) is 0 Å². The first-order valence-electron chi connectivity index (χ1n) is 4.56. The van der Waals surface area contributed by atoms with Gasteiger partial charge in [0, 0.05) is 0 Å². The highest BCUT2D eigenvalue weighted by molar-refractivity contribution is 5.40. The van der Waals surface area contributed by atoms with Crippen LogP contribution in [0.3, 0.4) is 0 Å². The molecule has 72 valence electrons. The second-order valence-corrected chi connectivity index (χ2v) is 3.02. The minimum Gasteiger partial charge on any atom is -0.330 e. The third-order valence-electron chi connectivity index (χ3n) is 2.07. The van der Waals surface area contributed by atoms with E-state index in [-0.39, 0.29) is 0 Å². The van der Waals surface area contributed by atoms with Crippen LogP contribution in [0.1, 0.15) is 5.56 Å². The van der Waals surface area contributed by atoms with Crippen LogP contribution in [0.25, 0.3) is 5.69 Å². The summed E-state index contributed by atoms with van der Waals surface area (Å²) in [5.74, 6) is 0. The fourth-order valence-electron chi connectivity index (χ4n) is 1.44. The molecule has 0 spiro atoms. The number of para-hydroxylation sites is 1. The maximum Gasteiger partial charge on any atom is 0.0697 e. The Balaban J connectivity index is 2.42. The van der Waals surface area contributed by atoms with Crippen molar-refractivity contribution in [1.82, 2.24) is 15.0 Å². The SMILES string of the molecule is NCCc1ccccc1-n1ccnn1. The predicted octanol–water partition coefficient (Wildman–Crippen LogP) is 0.768. The van der Waals surface area contributed by atoms with Gasteiger partial charge in [0.05, 0.1) is 18.1 Å². The van der Waals surface area contributed by atoms with Crippen molar-refractivity contribution in [1.29, 1.82) is 0 Å². The first-order chi connectivity index (χ1) is 6.92. The molecule has 0 radical (unpaired) electrons. The Kier molecular flexibility index (Phi) is 2.55. The van der Waals surface area contributed by atoms with Crippen molar-refractivity contribution >= 4 is 0 Å². The van der Waals surface area contributed by atoms with Crippen LogP contribution >= 0.6 is 0 Å². The van der Waals surface area contributed by atoms with E-state index in [4.69, 9.17) is 5.73 Å². The molecule has 2 N–H and O–H groups in total. The van der Waals surface area contributed by atoms with Gasteiger partial charge in [0.25, 0.3) is 0 Å². The highest BCUT2D eigenvalue weighted by Crippen LogP contribution is 2.12. The molecule has 2 rings (SSSR count). The van der Waals surface area contributed by atoms with E-state index >= 15 is 0 Å². The van der Waals surface area contributed by atoms with Crippen LogP contribution < -0.4 is 5.73 Å². The summed E-state index contributed by atoms with van der Waals surface area (Å²) >= 11 is 0. The summed E-state index contributed by atoms with van der Waals surface area (Å²) in [4.78, 5) is 0. The van der Waals surface area contributed by atoms with Crippen LogP contribution in [0.4, 0.5) is 0 Å². The molecule has 14 heavy (non-hydrogen) atoms. The molecule has 4 heteroatoms. The van der Waals surface area contributed by atoms with E-state index in [1.54, 1.807) is 10.9 Å². The normalized spacial score (nSPS) is 10.4. The summed E-state index contributed by atoms with van der Waals surface area (Å²) in [5, 5.41) is 7.74. The summed E-state index contributed by atoms with van der Waals surface area (Å²) in [7, 11) is 0. The minimum absolute atomic E-state index is 0.645. The topological polar surface area (TPSA) is 56.7 Å². The van der Waals surface area contributed by atoms with Gasteiger partial charge >= 0.3 is 0 Å². The predicted molar refractivity (Wildman–Crippen MR) is 54.1 cm³/mol. The van der Waals surface area contributed by atoms with Crippen LogP contribution in [-0.2, 0) is 6.42 Å². The van der Waals surface area contributed by atoms with E-state index in [0.29, 0.717) is 6.54 Å². The fourth-order valence-corrected chi connectivity index (χ4v) is 1.44. The van der Waals surface area contributed by atoms with Gasteiger partial charge in [-0.1, -0.05) is 23.4 Å². The lowest BCUT2D eigenvalue weighted by molar-refractivity contribution is 0.789. The van der Waals surface area contributed by atoms with Gasteiger partial charge in [0.1, 0.15) is 0 Å². The van der Waals surface area contributed by atoms with E-state index < -0.39 is 0 Å². The third-order valence-corrected chi connectivity index (χ3v) is 2.07. The highest BCUT2D eigenvalue weighted by atomic mass is 15.4. The molecule has 0 aliphatic carbocycles. The quantitative estimate of drug-likeness (QED) is 0.774. The van der Waals surface area contributed by atoms with Gasteiger partial charge in [-0.3, -0.25) is 0 Å². The first kappa shape index (κ1) is 8.90. The van der Waals surface area contributed by atoms with Gasteiger partial charge in [-0.05, 0) is 24.6 Å². The lowest BCUT2D eigenvalue weighted by atomic mass is 10.1. The van der Waals surface area contributed by atoms with Crippen LogP contribution in [0.2, 0.25) is 0 Å². The summed E-state index contributed by atoms with van der Waals surface area (Å²) in [5.41, 5.74) is 7.78. The maximum atomic E-state index is 5.54. The van der Waals surface area contributed by atoms with Gasteiger partial charge in [-0.2, -0.15) is 0 Å². The molecule has 0 fully saturated rings. The molecule has 0 bridgehead atoms. The zero-order valence-corrected chi connectivity index (χ0v) is 7.80. The van der Waals surface area contributed by atoms with Crippen LogP contribution in [0.15, 0.2) is 36.7 Å². The van der Waals surface area contributed by atoms with Crippen molar-refractivity contribution in [2.75, 3.05) is 6.54 Å². The molecular weight excluding hydrogens is 176 g/mol. The van der Waals surface area contributed by atoms with Crippen molar-refractivity contribution in [2.45, 2.75) is 6.42 Å². The summed E-state index contributed by atoms with van der Waals surface area (Å²) in [6, 6.07) is 8.06. The number of aromatic nitrogens is 3. The average Bonchev–Trinajstić information content (AvgIpc) is 2.72. The molecule has 0 unspecified atom stereocenters. The number of nitrogens with zero attached hydrogens (tertiary/aromatic N) is 3. The van der Waals surface area contributed by atoms with Crippen molar-refractivity contribution in [3.05, 3.63) is 42.2 Å². The molecule has 2 aromatic rings. The maximum absolute atomic E-state index is 5.54. The summed E-state index contributed by atoms with van der Waals surface area (Å²) < 4.78 is 1.75. The average molecular weight is 188 g/mol. The molecule has 0 saturated carbocycles. The lowest BCUT2D eigenvalue weighted by Crippen LogP contribution is -2.07. The Morgan fingerprint density at radius 2 is 2.14 bits per heavy atom. The van der Waals surface area contributed by atoms with Crippen molar-refractivity contribution < 1.29 is 0 Å². The fraction of sp³-hybridized carbons (Fsp3) is 0.200. The smallest absolute Gasteiger partial charge is 0.0697 e. The second-order valence-electron chi connectivity index (χ2n) is 3.02. The zero-order chi connectivity index (χ0) is 9.80. The number of rotatable bonds is 3. The monoisotopic (exact) mass is 188 g/mol. The van der Waals surface area contributed by atoms with Gasteiger partial charge < -0.3 is 5.73 Å². The number of benzene rings is 1. The number of nitrogens with two attached hydrogens (primary N) is 1. The molecular formula is C10H12N4. The Bertz CT molecular complexity index is 394. The number of hydrogen-bond donors (Lipinski definition) is 1. The summed E-state index contributed by atoms with van der Waals surface area (Å²) in [6.07, 6.45) is 4.35. The third kappa shape index (κ3) is 1.65. The van der Waals surface area contributed by atoms with E-state index in [0.717, 1.165) is 12.1 Å². The molecule has 0 aliphatic rings. The molecule has 0 aliphatic heterocycles. The van der Waals surface area contributed by atoms with Gasteiger partial charge in [-0.25, -0.2) is 4.68 Å². The molecule has 0 saturated heterocycles. The molecule has 1 aromatic carbocycles. The second kappa shape index (κ2) is 4.02. The van der Waals surface area contributed by atoms with E-state index in [1.807, 2.05) is 24.4 Å². The Morgan fingerprint density at radius 3 is 2.86 bits per heavy atom. The first-order valence-corrected chi connectivity index (χ1v) is 4.56. The lowest BCUT2D eigenvalue weighted by Gasteiger charge is -2.06. The van der Waals surface area contributed by atoms with Gasteiger partial charge in [0.2, 0.25) is 0 Å². The highest BCUT2D eigenvalue weighted by Gasteiger charge is 2.02. The largest absolute Gasteiger partial charge is 0.330 e. The van der Waals surface area contributed by atoms with E-state index in [1.165, 1.54) is 5.56 Å². The molecule has 1 heterocycles. The van der Waals surface area contributed by atoms with Crippen LogP contribution in [0, 0.1) is 0 Å². The molecule has 1 aromatic heterocycles. The molecule has 0 amide bonds. The van der Waals surface area contributed by atoms with Crippen molar-refractivity contribution in [2.24, 2.45) is 5.73 Å². The van der Waals surface area contributed by atoms with Crippen LogP contribution in [-0.4, -0.2) is 21.5 Å². The minimum atomic E-state index is 0.645. The molecule has 0 atom stereocenters. The van der Waals surface area contributed by atoms with Crippen molar-refractivity contribution in [3.63, 3.8) is 0 Å². The van der Waals surface area contributed by atoms with Gasteiger partial charge in [0.15, 0.2) is 0 Å². The zero-order valence-electron chi connectivity index (χ0n) is 7.80. The van der Waals surface area contributed by atoms with Gasteiger partial charge in [-0.15, -0.1) is 5.10 Å². The Labute approximate surface area is 82.4 Å².